The number of anilines is 1. The lowest BCUT2D eigenvalue weighted by Gasteiger charge is -2.14. The molecule has 6 nitrogen and oxygen atoms in total. The molecule has 2 aromatic heterocycles. The van der Waals surface area contributed by atoms with E-state index in [1.54, 1.807) is 6.07 Å². The van der Waals surface area contributed by atoms with Crippen LogP contribution in [-0.4, -0.2) is 33.4 Å². The molecule has 2 heterocycles. The van der Waals surface area contributed by atoms with Crippen LogP contribution in [0.25, 0.3) is 10.9 Å². The van der Waals surface area contributed by atoms with Crippen LogP contribution in [0, 0.1) is 6.92 Å². The number of benzene rings is 1. The van der Waals surface area contributed by atoms with Gasteiger partial charge in [-0.25, -0.2) is 9.97 Å². The fourth-order valence-corrected chi connectivity index (χ4v) is 3.78. The molecule has 1 fully saturated rings. The van der Waals surface area contributed by atoms with E-state index in [4.69, 9.17) is 0 Å². The largest absolute Gasteiger partial charge is 0.367 e. The second-order valence-electron chi connectivity index (χ2n) is 7.18. The predicted molar refractivity (Wildman–Crippen MR) is 107 cm³/mol. The summed E-state index contributed by atoms with van der Waals surface area (Å²) in [5, 5.41) is 7.62. The van der Waals surface area contributed by atoms with Crippen molar-refractivity contribution in [2.45, 2.75) is 45.1 Å². The molecule has 0 unspecified atom stereocenters. The zero-order valence-electron chi connectivity index (χ0n) is 15.6. The molecule has 4 rings (SSSR count). The molecule has 0 spiro atoms. The van der Waals surface area contributed by atoms with Gasteiger partial charge in [0.15, 0.2) is 0 Å². The minimum atomic E-state index is -0.158. The number of aromatic amines is 1. The number of carbonyl (C=O) groups excluding carboxylic acids is 1. The summed E-state index contributed by atoms with van der Waals surface area (Å²) in [4.78, 5) is 24.5. The molecule has 0 radical (unpaired) electrons. The van der Waals surface area contributed by atoms with Crippen LogP contribution in [0.1, 0.15) is 47.6 Å². The van der Waals surface area contributed by atoms with Crippen molar-refractivity contribution in [1.29, 1.82) is 0 Å². The van der Waals surface area contributed by atoms with Gasteiger partial charge in [-0.3, -0.25) is 4.79 Å². The van der Waals surface area contributed by atoms with E-state index in [0.717, 1.165) is 30.6 Å². The second kappa shape index (κ2) is 7.78. The van der Waals surface area contributed by atoms with Crippen LogP contribution in [0.5, 0.6) is 0 Å². The van der Waals surface area contributed by atoms with Crippen molar-refractivity contribution < 1.29 is 4.79 Å². The lowest BCUT2D eigenvalue weighted by molar-refractivity contribution is 0.0949. The van der Waals surface area contributed by atoms with Crippen LogP contribution in [0.2, 0.25) is 0 Å². The van der Waals surface area contributed by atoms with Crippen molar-refractivity contribution in [3.63, 3.8) is 0 Å². The molecule has 1 amide bonds. The number of fused-ring (bicyclic) bond motifs is 1. The van der Waals surface area contributed by atoms with Gasteiger partial charge in [0.1, 0.15) is 17.3 Å². The van der Waals surface area contributed by atoms with E-state index < -0.39 is 0 Å². The van der Waals surface area contributed by atoms with E-state index in [9.17, 15) is 4.79 Å². The standard InChI is InChI=1S/C21H25N5O/c1-14-24-19(12-20(25-14)26-16-6-2-3-7-16)21(27)22-11-10-15-13-23-18-9-5-4-8-17(15)18/h4-5,8-9,12-13,16,23H,2-3,6-7,10-11H2,1H3,(H,22,27)(H,24,25,26). The van der Waals surface area contributed by atoms with Crippen LogP contribution in [0.4, 0.5) is 5.82 Å². The average molecular weight is 363 g/mol. The maximum Gasteiger partial charge on any atom is 0.270 e. The zero-order chi connectivity index (χ0) is 18.6. The minimum Gasteiger partial charge on any atom is -0.367 e. The molecule has 1 aliphatic carbocycles. The molecule has 0 bridgehead atoms. The van der Waals surface area contributed by atoms with Gasteiger partial charge in [0.25, 0.3) is 5.91 Å². The first kappa shape index (κ1) is 17.5. The number of carbonyl (C=O) groups is 1. The summed E-state index contributed by atoms with van der Waals surface area (Å²) in [5.74, 6) is 1.20. The normalized spacial score (nSPS) is 14.6. The Morgan fingerprint density at radius 1 is 1.22 bits per heavy atom. The molecule has 0 aliphatic heterocycles. The van der Waals surface area contributed by atoms with E-state index in [1.165, 1.54) is 23.8 Å². The second-order valence-corrected chi connectivity index (χ2v) is 7.18. The molecular weight excluding hydrogens is 338 g/mol. The number of hydrogen-bond donors (Lipinski definition) is 3. The number of nitrogens with one attached hydrogen (secondary N) is 3. The quantitative estimate of drug-likeness (QED) is 0.625. The fourth-order valence-electron chi connectivity index (χ4n) is 3.78. The number of H-pyrrole nitrogens is 1. The van der Waals surface area contributed by atoms with E-state index in [1.807, 2.05) is 25.3 Å². The summed E-state index contributed by atoms with van der Waals surface area (Å²) in [5.41, 5.74) is 2.74. The van der Waals surface area contributed by atoms with Crippen molar-refractivity contribution >= 4 is 22.6 Å². The minimum absolute atomic E-state index is 0.158. The van der Waals surface area contributed by atoms with Crippen molar-refractivity contribution in [3.05, 3.63) is 53.6 Å². The molecule has 1 aliphatic rings. The van der Waals surface area contributed by atoms with E-state index in [0.29, 0.717) is 24.1 Å². The zero-order valence-corrected chi connectivity index (χ0v) is 15.6. The number of para-hydroxylation sites is 1. The number of hydrogen-bond acceptors (Lipinski definition) is 4. The van der Waals surface area contributed by atoms with Crippen molar-refractivity contribution in [2.24, 2.45) is 0 Å². The summed E-state index contributed by atoms with van der Waals surface area (Å²) >= 11 is 0. The highest BCUT2D eigenvalue weighted by molar-refractivity contribution is 5.93. The fraction of sp³-hybridized carbons (Fsp3) is 0.381. The van der Waals surface area contributed by atoms with Gasteiger partial charge in [-0.15, -0.1) is 0 Å². The maximum atomic E-state index is 12.5. The highest BCUT2D eigenvalue weighted by atomic mass is 16.1. The van der Waals surface area contributed by atoms with Crippen molar-refractivity contribution in [1.82, 2.24) is 20.3 Å². The molecule has 1 saturated carbocycles. The SMILES string of the molecule is Cc1nc(NC2CCCC2)cc(C(=O)NCCc2c[nH]c3ccccc23)n1. The van der Waals surface area contributed by atoms with Gasteiger partial charge in [-0.1, -0.05) is 31.0 Å². The Morgan fingerprint density at radius 2 is 2.04 bits per heavy atom. The molecule has 3 aromatic rings. The first-order valence-electron chi connectivity index (χ1n) is 9.64. The number of rotatable bonds is 6. The summed E-state index contributed by atoms with van der Waals surface area (Å²) in [6.07, 6.45) is 7.61. The van der Waals surface area contributed by atoms with Crippen LogP contribution < -0.4 is 10.6 Å². The van der Waals surface area contributed by atoms with Crippen molar-refractivity contribution in [2.75, 3.05) is 11.9 Å². The van der Waals surface area contributed by atoms with E-state index in [2.05, 4.69) is 37.7 Å². The predicted octanol–water partition coefficient (Wildman–Crippen LogP) is 3.59. The first-order chi connectivity index (χ1) is 13.2. The summed E-state index contributed by atoms with van der Waals surface area (Å²) in [7, 11) is 0. The van der Waals surface area contributed by atoms with Gasteiger partial charge in [-0.2, -0.15) is 0 Å². The number of aryl methyl sites for hydroxylation is 1. The third-order valence-electron chi connectivity index (χ3n) is 5.13. The van der Waals surface area contributed by atoms with Crippen LogP contribution >= 0.6 is 0 Å². The van der Waals surface area contributed by atoms with Gasteiger partial charge in [0.05, 0.1) is 0 Å². The highest BCUT2D eigenvalue weighted by Crippen LogP contribution is 2.22. The van der Waals surface area contributed by atoms with Crippen LogP contribution in [-0.2, 0) is 6.42 Å². The number of aromatic nitrogens is 3. The first-order valence-corrected chi connectivity index (χ1v) is 9.64. The van der Waals surface area contributed by atoms with Crippen molar-refractivity contribution in [3.8, 4) is 0 Å². The number of amides is 1. The molecule has 6 heteroatoms. The smallest absolute Gasteiger partial charge is 0.270 e. The van der Waals surface area contributed by atoms with Gasteiger partial charge < -0.3 is 15.6 Å². The molecular formula is C21H25N5O. The Balaban J connectivity index is 1.38. The average Bonchev–Trinajstić information content (AvgIpc) is 3.31. The lowest BCUT2D eigenvalue weighted by Crippen LogP contribution is -2.27. The third kappa shape index (κ3) is 4.10. The van der Waals surface area contributed by atoms with E-state index >= 15 is 0 Å². The monoisotopic (exact) mass is 363 g/mol. The molecule has 0 saturated heterocycles. The Hall–Kier alpha value is -2.89. The Bertz CT molecular complexity index is 943. The van der Waals surface area contributed by atoms with Crippen LogP contribution in [0.15, 0.2) is 36.5 Å². The van der Waals surface area contributed by atoms with Gasteiger partial charge in [0, 0.05) is 35.8 Å². The maximum absolute atomic E-state index is 12.5. The summed E-state index contributed by atoms with van der Waals surface area (Å²) in [6.45, 7) is 2.39. The summed E-state index contributed by atoms with van der Waals surface area (Å²) in [6, 6.07) is 10.4. The lowest BCUT2D eigenvalue weighted by atomic mass is 10.1. The van der Waals surface area contributed by atoms with Gasteiger partial charge in [-0.05, 0) is 37.8 Å². The summed E-state index contributed by atoms with van der Waals surface area (Å²) < 4.78 is 0. The van der Waals surface area contributed by atoms with Gasteiger partial charge >= 0.3 is 0 Å². The Morgan fingerprint density at radius 3 is 2.89 bits per heavy atom. The molecule has 3 N–H and O–H groups in total. The molecule has 27 heavy (non-hydrogen) atoms. The van der Waals surface area contributed by atoms with Crippen LogP contribution in [0.3, 0.4) is 0 Å². The molecule has 140 valence electrons. The highest BCUT2D eigenvalue weighted by Gasteiger charge is 2.17. The number of nitrogens with zero attached hydrogens (tertiary/aromatic N) is 2. The topological polar surface area (TPSA) is 82.7 Å². The Labute approximate surface area is 158 Å². The molecule has 1 aromatic carbocycles. The molecule has 0 atom stereocenters. The third-order valence-corrected chi connectivity index (χ3v) is 5.13. The van der Waals surface area contributed by atoms with E-state index in [-0.39, 0.29) is 5.91 Å². The van der Waals surface area contributed by atoms with Gasteiger partial charge in [0.2, 0.25) is 0 Å². The Kier molecular flexibility index (Phi) is 5.05.